The lowest BCUT2D eigenvalue weighted by Crippen LogP contribution is -2.34. The van der Waals surface area contributed by atoms with E-state index in [-0.39, 0.29) is 17.2 Å². The van der Waals surface area contributed by atoms with Gasteiger partial charge in [0, 0.05) is 28.8 Å². The van der Waals surface area contributed by atoms with Crippen molar-refractivity contribution in [3.8, 4) is 16.9 Å². The molecule has 4 rings (SSSR count). The molecular weight excluding hydrogens is 448 g/mol. The first-order valence-electron chi connectivity index (χ1n) is 11.4. The van der Waals surface area contributed by atoms with Gasteiger partial charge in [0.1, 0.15) is 16.1 Å². The fourth-order valence-corrected chi connectivity index (χ4v) is 5.11. The lowest BCUT2D eigenvalue weighted by Gasteiger charge is -2.22. The Kier molecular flexibility index (Phi) is 6.41. The molecule has 34 heavy (non-hydrogen) atoms. The summed E-state index contributed by atoms with van der Waals surface area (Å²) in [5.74, 6) is 0.306. The second kappa shape index (κ2) is 9.14. The van der Waals surface area contributed by atoms with Crippen LogP contribution in [-0.2, 0) is 4.74 Å². The normalized spacial score (nSPS) is 12.7. The lowest BCUT2D eigenvalue weighted by atomic mass is 9.91. The number of hydrogen-bond acceptors (Lipinski definition) is 5. The fraction of sp³-hybridized carbons (Fsp3) is 0.333. The quantitative estimate of drug-likeness (QED) is 0.308. The van der Waals surface area contributed by atoms with E-state index in [1.165, 1.54) is 11.3 Å². The number of phenolic OH excluding ortho intramolecular Hbond substituents is 1. The predicted molar refractivity (Wildman–Crippen MR) is 139 cm³/mol. The number of pyridine rings is 1. The molecule has 0 fully saturated rings. The van der Waals surface area contributed by atoms with Gasteiger partial charge < -0.3 is 20.1 Å². The van der Waals surface area contributed by atoms with Gasteiger partial charge in [0.15, 0.2) is 0 Å². The molecule has 7 heteroatoms. The zero-order valence-electron chi connectivity index (χ0n) is 20.1. The molecule has 2 aromatic carbocycles. The summed E-state index contributed by atoms with van der Waals surface area (Å²) < 4.78 is 5.99. The third-order valence-corrected chi connectivity index (χ3v) is 6.85. The van der Waals surface area contributed by atoms with E-state index in [1.807, 2.05) is 63.4 Å². The molecule has 178 valence electrons. The average Bonchev–Trinajstić information content (AvgIpc) is 3.25. The third-order valence-electron chi connectivity index (χ3n) is 5.94. The van der Waals surface area contributed by atoms with Gasteiger partial charge in [-0.3, -0.25) is 4.79 Å². The smallest absolute Gasteiger partial charge is 0.407 e. The predicted octanol–water partition coefficient (Wildman–Crippen LogP) is 6.44. The maximum Gasteiger partial charge on any atom is 0.407 e. The second-order valence-electron chi connectivity index (χ2n) is 9.57. The molecule has 6 nitrogen and oxygen atoms in total. The third kappa shape index (κ3) is 4.66. The van der Waals surface area contributed by atoms with Gasteiger partial charge in [0.05, 0.1) is 5.52 Å². The Morgan fingerprint density at radius 1 is 1.21 bits per heavy atom. The van der Waals surface area contributed by atoms with Crippen LogP contribution >= 0.6 is 11.3 Å². The van der Waals surface area contributed by atoms with Crippen molar-refractivity contribution in [2.45, 2.75) is 52.6 Å². The molecule has 0 aliphatic heterocycles. The molecule has 0 radical (unpaired) electrons. The number of benzene rings is 2. The Hall–Kier alpha value is -3.32. The molecule has 0 spiro atoms. The number of hydrogen-bond donors (Lipinski definition) is 3. The summed E-state index contributed by atoms with van der Waals surface area (Å²) in [7, 11) is 0. The first kappa shape index (κ1) is 23.8. The van der Waals surface area contributed by atoms with E-state index in [4.69, 9.17) is 4.74 Å². The largest absolute Gasteiger partial charge is 0.507 e. The van der Waals surface area contributed by atoms with Crippen LogP contribution in [0.4, 0.5) is 4.79 Å². The van der Waals surface area contributed by atoms with Gasteiger partial charge in [-0.2, -0.15) is 0 Å². The number of aromatic nitrogens is 1. The Balaban J connectivity index is 1.69. The van der Waals surface area contributed by atoms with Crippen molar-refractivity contribution in [3.63, 3.8) is 0 Å². The van der Waals surface area contributed by atoms with Crippen LogP contribution in [0.25, 0.3) is 32.1 Å². The summed E-state index contributed by atoms with van der Waals surface area (Å²) in [6.45, 7) is 9.95. The van der Waals surface area contributed by atoms with E-state index >= 15 is 0 Å². The van der Waals surface area contributed by atoms with Crippen LogP contribution < -0.4 is 10.9 Å². The first-order chi connectivity index (χ1) is 16.1. The van der Waals surface area contributed by atoms with Crippen LogP contribution in [0.5, 0.6) is 5.75 Å². The van der Waals surface area contributed by atoms with E-state index in [0.717, 1.165) is 39.4 Å². The highest BCUT2D eigenvalue weighted by Gasteiger charge is 2.20. The molecule has 0 saturated heterocycles. The number of ether oxygens (including phenoxy) is 1. The van der Waals surface area contributed by atoms with Crippen LogP contribution in [0.2, 0.25) is 0 Å². The van der Waals surface area contributed by atoms with Gasteiger partial charge in [0.25, 0.3) is 5.56 Å². The Morgan fingerprint density at radius 3 is 2.56 bits per heavy atom. The van der Waals surface area contributed by atoms with E-state index in [1.54, 1.807) is 6.07 Å². The monoisotopic (exact) mass is 478 g/mol. The maximum absolute atomic E-state index is 12.5. The molecule has 2 aromatic heterocycles. The number of carbonyl (C=O) groups excluding carboxylic acids is 1. The number of carbonyl (C=O) groups is 1. The van der Waals surface area contributed by atoms with Gasteiger partial charge in [-0.05, 0) is 68.3 Å². The highest BCUT2D eigenvalue weighted by Crippen LogP contribution is 2.41. The van der Waals surface area contributed by atoms with Crippen LogP contribution in [-0.4, -0.2) is 28.3 Å². The Labute approximate surface area is 202 Å². The summed E-state index contributed by atoms with van der Waals surface area (Å²) in [6.07, 6.45) is 0.428. The molecule has 3 N–H and O–H groups in total. The zero-order valence-corrected chi connectivity index (χ0v) is 20.9. The molecule has 4 aromatic rings. The number of aromatic amines is 1. The number of amides is 1. The molecule has 0 bridgehead atoms. The van der Waals surface area contributed by atoms with Gasteiger partial charge in [-0.25, -0.2) is 4.79 Å². The van der Waals surface area contributed by atoms with Crippen molar-refractivity contribution >= 4 is 38.4 Å². The summed E-state index contributed by atoms with van der Waals surface area (Å²) in [5, 5.41) is 17.4. The highest BCUT2D eigenvalue weighted by atomic mass is 32.1. The van der Waals surface area contributed by atoms with Gasteiger partial charge in [-0.1, -0.05) is 31.2 Å². The molecule has 0 aliphatic carbocycles. The minimum atomic E-state index is -0.537. The van der Waals surface area contributed by atoms with E-state index in [2.05, 4.69) is 17.2 Å². The number of aryl methyl sites for hydroxylation is 1. The number of rotatable bonds is 5. The van der Waals surface area contributed by atoms with Crippen molar-refractivity contribution in [2.75, 3.05) is 6.54 Å². The fourth-order valence-electron chi connectivity index (χ4n) is 4.32. The van der Waals surface area contributed by atoms with Crippen molar-refractivity contribution in [2.24, 2.45) is 0 Å². The number of H-pyrrole nitrogens is 1. The van der Waals surface area contributed by atoms with Crippen molar-refractivity contribution in [1.29, 1.82) is 0 Å². The highest BCUT2D eigenvalue weighted by molar-refractivity contribution is 7.17. The second-order valence-corrected chi connectivity index (χ2v) is 10.5. The number of thiophene rings is 1. The number of nitrogens with one attached hydrogen (secondary N) is 2. The lowest BCUT2D eigenvalue weighted by molar-refractivity contribution is 0.0524. The summed E-state index contributed by atoms with van der Waals surface area (Å²) >= 11 is 1.39. The van der Waals surface area contributed by atoms with E-state index in [9.17, 15) is 14.7 Å². The first-order valence-corrected chi connectivity index (χ1v) is 12.3. The molecule has 0 unspecified atom stereocenters. The molecule has 0 saturated carbocycles. The summed E-state index contributed by atoms with van der Waals surface area (Å²) in [5.41, 5.74) is 3.55. The van der Waals surface area contributed by atoms with Gasteiger partial charge in [0.2, 0.25) is 0 Å². The van der Waals surface area contributed by atoms with Crippen LogP contribution in [0, 0.1) is 6.92 Å². The van der Waals surface area contributed by atoms with Crippen molar-refractivity contribution < 1.29 is 14.6 Å². The van der Waals surface area contributed by atoms with E-state index in [0.29, 0.717) is 16.8 Å². The van der Waals surface area contributed by atoms with Gasteiger partial charge in [-0.15, -0.1) is 11.3 Å². The van der Waals surface area contributed by atoms with Crippen LogP contribution in [0.3, 0.4) is 0 Å². The Morgan fingerprint density at radius 2 is 1.91 bits per heavy atom. The minimum Gasteiger partial charge on any atom is -0.507 e. The number of phenols is 1. The zero-order chi connectivity index (χ0) is 24.6. The number of aromatic hydroxyl groups is 1. The number of fused-ring (bicyclic) bond motifs is 3. The SMILES string of the molecule is CC[C@@H](CNC(=O)OC(C)(C)C)c1ccc(-c2c(O)cc(C)c3[nH]c(=O)c4sccc4c23)cc1. The molecule has 0 aliphatic rings. The van der Waals surface area contributed by atoms with E-state index < -0.39 is 11.7 Å². The van der Waals surface area contributed by atoms with Crippen LogP contribution in [0.15, 0.2) is 46.6 Å². The number of alkyl carbamates (subject to hydrolysis) is 1. The molecule has 1 amide bonds. The Bertz CT molecular complexity index is 1410. The molecule has 2 heterocycles. The molecule has 1 atom stereocenters. The van der Waals surface area contributed by atoms with Gasteiger partial charge >= 0.3 is 6.09 Å². The van der Waals surface area contributed by atoms with Crippen molar-refractivity contribution in [1.82, 2.24) is 10.3 Å². The standard InChI is InChI=1S/C27H30N2O4S/c1-6-16(14-28-26(32)33-27(3,4)5)17-7-9-18(10-8-17)21-20(30)13-15(2)23-22(21)19-11-12-34-24(19)25(31)29-23/h7-13,16,30H,6,14H2,1-5H3,(H,28,32)(H,29,31)/t16-/m0/s1. The molecular formula is C27H30N2O4S. The van der Waals surface area contributed by atoms with Crippen LogP contribution in [0.1, 0.15) is 51.2 Å². The average molecular weight is 479 g/mol. The summed E-state index contributed by atoms with van der Waals surface area (Å²) in [6, 6.07) is 11.7. The topological polar surface area (TPSA) is 91.4 Å². The van der Waals surface area contributed by atoms with Crippen molar-refractivity contribution in [3.05, 3.63) is 63.3 Å². The summed E-state index contributed by atoms with van der Waals surface area (Å²) in [4.78, 5) is 27.6. The maximum atomic E-state index is 12.5. The minimum absolute atomic E-state index is 0.115.